The van der Waals surface area contributed by atoms with E-state index in [1.54, 1.807) is 6.07 Å². The first-order valence-corrected chi connectivity index (χ1v) is 5.52. The third-order valence-corrected chi connectivity index (χ3v) is 3.71. The van der Waals surface area contributed by atoms with Crippen LogP contribution < -0.4 is 5.32 Å². The van der Waals surface area contributed by atoms with Crippen molar-refractivity contribution in [3.63, 3.8) is 0 Å². The predicted molar refractivity (Wildman–Crippen MR) is 59.3 cm³/mol. The van der Waals surface area contributed by atoms with Gasteiger partial charge in [0.05, 0.1) is 5.69 Å². The van der Waals surface area contributed by atoms with Crippen molar-refractivity contribution in [2.45, 2.75) is 10.2 Å². The van der Waals surface area contributed by atoms with Crippen molar-refractivity contribution in [3.05, 3.63) is 29.1 Å². The van der Waals surface area contributed by atoms with Crippen LogP contribution in [0.1, 0.15) is 11.1 Å². The smallest absolute Gasteiger partial charge is 0.256 e. The maximum Gasteiger partial charge on any atom is 0.256 e. The number of alkyl halides is 2. The summed E-state index contributed by atoms with van der Waals surface area (Å²) in [5.74, 6) is -0.710. The minimum absolute atomic E-state index is 0.305. The molecular formula is C9H6Br2FNO. The molecule has 14 heavy (non-hydrogen) atoms. The summed E-state index contributed by atoms with van der Waals surface area (Å²) in [5, 5.41) is 2.62. The maximum absolute atomic E-state index is 13.5. The fraction of sp³-hybridized carbons (Fsp3) is 0.222. The Morgan fingerprint density at radius 2 is 2.07 bits per heavy atom. The standard InChI is InChI=1S/C9H6Br2FNO/c1-4-2-3-5(12)6-7(4)13-8(14)9(6,10)11/h2-3H,1H3,(H,13,14). The van der Waals surface area contributed by atoms with Gasteiger partial charge in [-0.15, -0.1) is 0 Å². The average molecular weight is 323 g/mol. The molecule has 2 rings (SSSR count). The van der Waals surface area contributed by atoms with E-state index in [1.807, 2.05) is 6.92 Å². The highest BCUT2D eigenvalue weighted by Crippen LogP contribution is 2.49. The Bertz CT molecular complexity index is 431. The number of fused-ring (bicyclic) bond motifs is 1. The maximum atomic E-state index is 13.5. The van der Waals surface area contributed by atoms with E-state index in [2.05, 4.69) is 37.2 Å². The number of hydrogen-bond acceptors (Lipinski definition) is 1. The lowest BCUT2D eigenvalue weighted by Gasteiger charge is -2.11. The molecule has 0 spiro atoms. The van der Waals surface area contributed by atoms with Gasteiger partial charge in [-0.05, 0) is 18.6 Å². The first-order chi connectivity index (χ1) is 6.44. The summed E-state index contributed by atoms with van der Waals surface area (Å²) in [6, 6.07) is 2.99. The van der Waals surface area contributed by atoms with Gasteiger partial charge in [-0.25, -0.2) is 4.39 Å². The number of aryl methyl sites for hydroxylation is 1. The fourth-order valence-electron chi connectivity index (χ4n) is 1.46. The molecule has 5 heteroatoms. The summed E-state index contributed by atoms with van der Waals surface area (Å²) >= 11 is 6.31. The minimum atomic E-state index is -1.13. The zero-order valence-electron chi connectivity index (χ0n) is 7.20. The van der Waals surface area contributed by atoms with Crippen LogP contribution in [-0.2, 0) is 8.03 Å². The van der Waals surface area contributed by atoms with Gasteiger partial charge in [0.25, 0.3) is 5.91 Å². The number of anilines is 1. The topological polar surface area (TPSA) is 29.1 Å². The third kappa shape index (κ3) is 1.22. The second kappa shape index (κ2) is 3.03. The van der Waals surface area contributed by atoms with E-state index in [9.17, 15) is 9.18 Å². The number of nitrogens with one attached hydrogen (secondary N) is 1. The number of hydrogen-bond donors (Lipinski definition) is 1. The van der Waals surface area contributed by atoms with Gasteiger partial charge in [0, 0.05) is 5.56 Å². The highest BCUT2D eigenvalue weighted by Gasteiger charge is 2.45. The normalized spacial score (nSPS) is 17.9. The molecule has 0 fully saturated rings. The Morgan fingerprint density at radius 1 is 1.43 bits per heavy atom. The van der Waals surface area contributed by atoms with E-state index in [1.165, 1.54) is 6.07 Å². The molecular weight excluding hydrogens is 317 g/mol. The molecule has 0 unspecified atom stereocenters. The Labute approximate surface area is 97.1 Å². The molecule has 74 valence electrons. The van der Waals surface area contributed by atoms with Crippen LogP contribution in [0.4, 0.5) is 10.1 Å². The Hall–Kier alpha value is -0.420. The van der Waals surface area contributed by atoms with Crippen LogP contribution in [0.5, 0.6) is 0 Å². The summed E-state index contributed by atoms with van der Waals surface area (Å²) in [6.07, 6.45) is 0. The van der Waals surface area contributed by atoms with E-state index in [0.29, 0.717) is 11.3 Å². The quantitative estimate of drug-likeness (QED) is 0.731. The Kier molecular flexibility index (Phi) is 2.19. The van der Waals surface area contributed by atoms with E-state index < -0.39 is 9.05 Å². The van der Waals surface area contributed by atoms with Crippen LogP contribution in [0.3, 0.4) is 0 Å². The zero-order chi connectivity index (χ0) is 10.5. The SMILES string of the molecule is Cc1ccc(F)c2c1NC(=O)C2(Br)Br. The number of halogens is 3. The highest BCUT2D eigenvalue weighted by atomic mass is 79.9. The van der Waals surface area contributed by atoms with Gasteiger partial charge in [-0.3, -0.25) is 4.79 Å². The molecule has 0 atom stereocenters. The minimum Gasteiger partial charge on any atom is -0.323 e. The molecule has 0 aromatic heterocycles. The molecule has 0 aliphatic carbocycles. The van der Waals surface area contributed by atoms with Gasteiger partial charge in [-0.2, -0.15) is 0 Å². The van der Waals surface area contributed by atoms with Crippen molar-refractivity contribution < 1.29 is 9.18 Å². The first kappa shape index (κ1) is 10.1. The second-order valence-electron chi connectivity index (χ2n) is 3.14. The van der Waals surface area contributed by atoms with Gasteiger partial charge in [0.15, 0.2) is 3.23 Å². The molecule has 2 nitrogen and oxygen atoms in total. The van der Waals surface area contributed by atoms with Crippen molar-refractivity contribution in [3.8, 4) is 0 Å². The summed E-state index contributed by atoms with van der Waals surface area (Å²) in [6.45, 7) is 1.82. The first-order valence-electron chi connectivity index (χ1n) is 3.93. The van der Waals surface area contributed by atoms with Gasteiger partial charge < -0.3 is 5.32 Å². The van der Waals surface area contributed by atoms with E-state index >= 15 is 0 Å². The number of carbonyl (C=O) groups excluding carboxylic acids is 1. The number of amides is 1. The van der Waals surface area contributed by atoms with E-state index in [-0.39, 0.29) is 5.91 Å². The molecule has 0 bridgehead atoms. The van der Waals surface area contributed by atoms with Crippen LogP contribution in [0.15, 0.2) is 12.1 Å². The molecule has 1 heterocycles. The zero-order valence-corrected chi connectivity index (χ0v) is 10.4. The van der Waals surface area contributed by atoms with Crippen molar-refractivity contribution in [2.24, 2.45) is 0 Å². The molecule has 1 aromatic rings. The number of carbonyl (C=O) groups is 1. The van der Waals surface area contributed by atoms with Crippen molar-refractivity contribution >= 4 is 43.5 Å². The van der Waals surface area contributed by atoms with E-state index in [4.69, 9.17) is 0 Å². The molecule has 1 aliphatic rings. The lowest BCUT2D eigenvalue weighted by Crippen LogP contribution is -2.20. The monoisotopic (exact) mass is 321 g/mol. The second-order valence-corrected chi connectivity index (χ2v) is 6.59. The lowest BCUT2D eigenvalue weighted by molar-refractivity contribution is -0.115. The summed E-state index contributed by atoms with van der Waals surface area (Å²) < 4.78 is 12.4. The lowest BCUT2D eigenvalue weighted by atomic mass is 10.1. The van der Waals surface area contributed by atoms with E-state index in [0.717, 1.165) is 5.56 Å². The largest absolute Gasteiger partial charge is 0.323 e. The van der Waals surface area contributed by atoms with Gasteiger partial charge in [0.2, 0.25) is 0 Å². The van der Waals surface area contributed by atoms with Crippen LogP contribution in [0.2, 0.25) is 0 Å². The molecule has 0 saturated carbocycles. The average Bonchev–Trinajstić information content (AvgIpc) is 2.33. The summed E-state index contributed by atoms with van der Waals surface area (Å²) in [4.78, 5) is 11.5. The molecule has 0 radical (unpaired) electrons. The molecule has 1 amide bonds. The van der Waals surface area contributed by atoms with Gasteiger partial charge in [0.1, 0.15) is 5.82 Å². The fourth-order valence-corrected chi connectivity index (χ4v) is 2.43. The number of benzene rings is 1. The Morgan fingerprint density at radius 3 is 2.64 bits per heavy atom. The molecule has 1 aliphatic heterocycles. The Balaban J connectivity index is 2.76. The van der Waals surface area contributed by atoms with Crippen LogP contribution in [-0.4, -0.2) is 5.91 Å². The van der Waals surface area contributed by atoms with Crippen molar-refractivity contribution in [1.82, 2.24) is 0 Å². The summed E-state index contributed by atoms with van der Waals surface area (Å²) in [7, 11) is 0. The van der Waals surface area contributed by atoms with Gasteiger partial charge >= 0.3 is 0 Å². The predicted octanol–water partition coefficient (Wildman–Crippen LogP) is 3.03. The third-order valence-electron chi connectivity index (χ3n) is 2.20. The summed E-state index contributed by atoms with van der Waals surface area (Å²) in [5.41, 5.74) is 1.71. The highest BCUT2D eigenvalue weighted by molar-refractivity contribution is 9.25. The van der Waals surface area contributed by atoms with Crippen LogP contribution in [0, 0.1) is 12.7 Å². The van der Waals surface area contributed by atoms with Crippen molar-refractivity contribution in [2.75, 3.05) is 5.32 Å². The molecule has 1 aromatic carbocycles. The molecule has 1 N–H and O–H groups in total. The van der Waals surface area contributed by atoms with Crippen molar-refractivity contribution in [1.29, 1.82) is 0 Å². The van der Waals surface area contributed by atoms with Crippen LogP contribution >= 0.6 is 31.9 Å². The van der Waals surface area contributed by atoms with Crippen LogP contribution in [0.25, 0.3) is 0 Å². The number of rotatable bonds is 0. The van der Waals surface area contributed by atoms with Gasteiger partial charge in [-0.1, -0.05) is 37.9 Å². The molecule has 0 saturated heterocycles.